The fraction of sp³-hybridized carbons (Fsp3) is 0.630. The number of amidine groups is 1. The van der Waals surface area contributed by atoms with Crippen LogP contribution in [0.25, 0.3) is 0 Å². The molecule has 1 aromatic rings. The summed E-state index contributed by atoms with van der Waals surface area (Å²) < 4.78 is 42.6. The molecule has 1 aliphatic rings. The summed E-state index contributed by atoms with van der Waals surface area (Å²) in [6, 6.07) is 6.65. The van der Waals surface area contributed by atoms with Crippen molar-refractivity contribution in [2.24, 2.45) is 16.6 Å². The number of anilines is 1. The fourth-order valence-electron chi connectivity index (χ4n) is 4.78. The first kappa shape index (κ1) is 33.2. The van der Waals surface area contributed by atoms with Crippen LogP contribution in [0, 0.1) is 5.92 Å². The van der Waals surface area contributed by atoms with Crippen molar-refractivity contribution in [3.63, 3.8) is 0 Å². The van der Waals surface area contributed by atoms with Gasteiger partial charge in [0.15, 0.2) is 6.54 Å². The summed E-state index contributed by atoms with van der Waals surface area (Å²) in [5.74, 6) is -0.993. The monoisotopic (exact) mass is 583 g/mol. The zero-order valence-electron chi connectivity index (χ0n) is 23.5. The van der Waals surface area contributed by atoms with E-state index in [1.165, 1.54) is 0 Å². The number of carbonyl (C=O) groups is 3. The molecule has 13 heteroatoms. The van der Waals surface area contributed by atoms with Crippen molar-refractivity contribution in [3.8, 4) is 0 Å². The third kappa shape index (κ3) is 12.4. The number of esters is 1. The lowest BCUT2D eigenvalue weighted by Crippen LogP contribution is -2.58. The lowest BCUT2D eigenvalue weighted by molar-refractivity contribution is -0.916. The SMILES string of the molecule is CCCCCCOC(=O)N=C(N)c1ccc(NC(=O)CCC2CC[N+](CC(=O)OCC)(CS(=O)(=O)O)CC2)cc1. The van der Waals surface area contributed by atoms with Crippen LogP contribution in [0.5, 0.6) is 0 Å². The third-order valence-corrected chi connectivity index (χ3v) is 7.78. The summed E-state index contributed by atoms with van der Waals surface area (Å²) >= 11 is 0. The second-order valence-electron chi connectivity index (χ2n) is 10.2. The van der Waals surface area contributed by atoms with E-state index in [0.717, 1.165) is 25.7 Å². The van der Waals surface area contributed by atoms with Gasteiger partial charge in [-0.15, -0.1) is 0 Å². The van der Waals surface area contributed by atoms with Gasteiger partial charge in [-0.25, -0.2) is 9.59 Å². The molecule has 2 rings (SSSR count). The average molecular weight is 584 g/mol. The first-order valence-corrected chi connectivity index (χ1v) is 15.4. The predicted octanol–water partition coefficient (Wildman–Crippen LogP) is 3.46. The number of hydrogen-bond donors (Lipinski definition) is 3. The Morgan fingerprint density at radius 2 is 1.75 bits per heavy atom. The summed E-state index contributed by atoms with van der Waals surface area (Å²) in [5.41, 5.74) is 7.01. The van der Waals surface area contributed by atoms with Gasteiger partial charge in [0.1, 0.15) is 5.84 Å². The van der Waals surface area contributed by atoms with Crippen molar-refractivity contribution < 1.29 is 41.3 Å². The topological polar surface area (TPSA) is 174 Å². The number of ether oxygens (including phenoxy) is 2. The molecule has 0 spiro atoms. The zero-order valence-corrected chi connectivity index (χ0v) is 24.3. The minimum atomic E-state index is -4.28. The standard InChI is InChI=1S/C27H42N4O8S/c1-3-5-6-7-18-39-27(34)30-26(28)22-9-11-23(12-10-22)29-24(32)13-8-21-14-16-31(17-15-21,20-40(35,36)37)19-25(33)38-4-2/h9-12,21H,3-8,13-20H2,1-2H3,(H3-,28,29,30,32,34,35,36,37)/p+1. The van der Waals surface area contributed by atoms with E-state index in [0.29, 0.717) is 50.2 Å². The normalized spacial score (nSPS) is 19.6. The van der Waals surface area contributed by atoms with Crippen molar-refractivity contribution >= 4 is 39.6 Å². The molecule has 0 bridgehead atoms. The number of unbranched alkanes of at least 4 members (excludes halogenated alkanes) is 3. The molecule has 0 aromatic heterocycles. The molecular weight excluding hydrogens is 540 g/mol. The fourth-order valence-corrected chi connectivity index (χ4v) is 5.83. The number of benzene rings is 1. The summed E-state index contributed by atoms with van der Waals surface area (Å²) in [7, 11) is -4.28. The molecular formula is C27H43N4O8S+. The highest BCUT2D eigenvalue weighted by Crippen LogP contribution is 2.28. The molecule has 1 heterocycles. The number of carbonyl (C=O) groups excluding carboxylic acids is 3. The number of piperidine rings is 1. The lowest BCUT2D eigenvalue weighted by Gasteiger charge is -2.41. The highest BCUT2D eigenvalue weighted by atomic mass is 32.2. The molecule has 1 fully saturated rings. The zero-order chi connectivity index (χ0) is 29.6. The van der Waals surface area contributed by atoms with Crippen molar-refractivity contribution in [3.05, 3.63) is 29.8 Å². The molecule has 0 unspecified atom stereocenters. The molecule has 0 radical (unpaired) electrons. The van der Waals surface area contributed by atoms with Gasteiger partial charge in [0.05, 0.1) is 26.3 Å². The summed E-state index contributed by atoms with van der Waals surface area (Å²) in [6.45, 7) is 4.94. The number of hydrogen-bond acceptors (Lipinski definition) is 7. The Morgan fingerprint density at radius 1 is 1.07 bits per heavy atom. The number of amides is 2. The number of likely N-dealkylation sites (tertiary alicyclic amines) is 1. The van der Waals surface area contributed by atoms with Gasteiger partial charge < -0.3 is 20.5 Å². The molecule has 0 saturated carbocycles. The van der Waals surface area contributed by atoms with E-state index < -0.39 is 28.1 Å². The van der Waals surface area contributed by atoms with E-state index in [4.69, 9.17) is 15.2 Å². The van der Waals surface area contributed by atoms with Gasteiger partial charge in [0.2, 0.25) is 11.8 Å². The Hall–Kier alpha value is -3.03. The van der Waals surface area contributed by atoms with Crippen LogP contribution in [-0.2, 0) is 29.2 Å². The van der Waals surface area contributed by atoms with E-state index in [1.807, 2.05) is 0 Å². The highest BCUT2D eigenvalue weighted by Gasteiger charge is 2.39. The minimum Gasteiger partial charge on any atom is -0.462 e. The largest absolute Gasteiger partial charge is 0.462 e. The number of rotatable bonds is 15. The predicted molar refractivity (Wildman–Crippen MR) is 151 cm³/mol. The molecule has 40 heavy (non-hydrogen) atoms. The van der Waals surface area contributed by atoms with Crippen molar-refractivity contribution in [2.45, 2.75) is 65.2 Å². The van der Waals surface area contributed by atoms with Crippen LogP contribution in [0.3, 0.4) is 0 Å². The average Bonchev–Trinajstić information content (AvgIpc) is 2.87. The van der Waals surface area contributed by atoms with E-state index in [-0.39, 0.29) is 41.7 Å². The van der Waals surface area contributed by atoms with Crippen LogP contribution in [-0.4, -0.2) is 80.0 Å². The number of nitrogens with two attached hydrogens (primary N) is 1. The number of quaternary nitrogens is 1. The maximum atomic E-state index is 12.5. The maximum absolute atomic E-state index is 12.5. The van der Waals surface area contributed by atoms with Crippen LogP contribution < -0.4 is 11.1 Å². The number of nitrogens with zero attached hydrogens (tertiary/aromatic N) is 2. The first-order chi connectivity index (χ1) is 18.9. The number of nitrogens with one attached hydrogen (secondary N) is 1. The summed E-state index contributed by atoms with van der Waals surface area (Å²) in [5, 5.41) is 2.83. The van der Waals surface area contributed by atoms with Crippen molar-refractivity contribution in [1.29, 1.82) is 0 Å². The van der Waals surface area contributed by atoms with Crippen LogP contribution in [0.4, 0.5) is 10.5 Å². The molecule has 0 aliphatic carbocycles. The summed E-state index contributed by atoms with van der Waals surface area (Å²) in [6.07, 6.45) is 5.35. The second-order valence-corrected chi connectivity index (χ2v) is 11.7. The van der Waals surface area contributed by atoms with Crippen LogP contribution >= 0.6 is 0 Å². The Balaban J connectivity index is 1.81. The van der Waals surface area contributed by atoms with Crippen molar-refractivity contribution in [1.82, 2.24) is 0 Å². The maximum Gasteiger partial charge on any atom is 0.435 e. The van der Waals surface area contributed by atoms with Gasteiger partial charge in [-0.3, -0.25) is 13.8 Å². The van der Waals surface area contributed by atoms with Gasteiger partial charge in [-0.1, -0.05) is 26.2 Å². The molecule has 0 atom stereocenters. The third-order valence-electron chi connectivity index (χ3n) is 6.91. The smallest absolute Gasteiger partial charge is 0.435 e. The van der Waals surface area contributed by atoms with Gasteiger partial charge in [0.25, 0.3) is 0 Å². The molecule has 4 N–H and O–H groups in total. The Kier molecular flexibility index (Phi) is 13.5. The first-order valence-electron chi connectivity index (χ1n) is 13.8. The van der Waals surface area contributed by atoms with Gasteiger partial charge in [-0.05, 0) is 62.8 Å². The summed E-state index contributed by atoms with van der Waals surface area (Å²) in [4.78, 5) is 40.2. The van der Waals surface area contributed by atoms with E-state index in [9.17, 15) is 27.4 Å². The van der Waals surface area contributed by atoms with Gasteiger partial charge >= 0.3 is 22.2 Å². The number of aliphatic imine (C=N–C) groups is 1. The molecule has 12 nitrogen and oxygen atoms in total. The van der Waals surface area contributed by atoms with Gasteiger partial charge in [0, 0.05) is 17.7 Å². The van der Waals surface area contributed by atoms with E-state index >= 15 is 0 Å². The lowest BCUT2D eigenvalue weighted by atomic mass is 9.91. The van der Waals surface area contributed by atoms with Crippen LogP contribution in [0.1, 0.15) is 70.8 Å². The Morgan fingerprint density at radius 3 is 2.35 bits per heavy atom. The van der Waals surface area contributed by atoms with Crippen molar-refractivity contribution in [2.75, 3.05) is 44.0 Å². The van der Waals surface area contributed by atoms with Gasteiger partial charge in [-0.2, -0.15) is 13.4 Å². The second kappa shape index (κ2) is 16.3. The van der Waals surface area contributed by atoms with E-state index in [2.05, 4.69) is 17.2 Å². The van der Waals surface area contributed by atoms with Crippen LogP contribution in [0.15, 0.2) is 29.3 Å². The molecule has 224 valence electrons. The highest BCUT2D eigenvalue weighted by molar-refractivity contribution is 7.85. The minimum absolute atomic E-state index is 0.0279. The molecule has 1 aliphatic heterocycles. The van der Waals surface area contributed by atoms with Crippen LogP contribution in [0.2, 0.25) is 0 Å². The molecule has 1 aromatic carbocycles. The Labute approximate surface area is 236 Å². The Bertz CT molecular complexity index is 1110. The van der Waals surface area contributed by atoms with E-state index in [1.54, 1.807) is 31.2 Å². The molecule has 1 saturated heterocycles. The molecule has 2 amide bonds. The quantitative estimate of drug-likeness (QED) is 0.0697.